The summed E-state index contributed by atoms with van der Waals surface area (Å²) in [6.07, 6.45) is 0. The van der Waals surface area contributed by atoms with Gasteiger partial charge in [-0.3, -0.25) is 4.90 Å². The van der Waals surface area contributed by atoms with Crippen molar-refractivity contribution in [2.24, 2.45) is 0 Å². The number of hydrogen-bond donors (Lipinski definition) is 1. The van der Waals surface area contributed by atoms with Gasteiger partial charge < -0.3 is 9.84 Å². The van der Waals surface area contributed by atoms with Crippen LogP contribution in [-0.4, -0.2) is 41.7 Å². The Morgan fingerprint density at radius 1 is 1.39 bits per heavy atom. The van der Waals surface area contributed by atoms with E-state index in [0.29, 0.717) is 11.6 Å². The highest BCUT2D eigenvalue weighted by Gasteiger charge is 2.25. The fourth-order valence-corrected chi connectivity index (χ4v) is 3.52. The summed E-state index contributed by atoms with van der Waals surface area (Å²) in [5.74, 6) is 2.19. The Hall–Kier alpha value is -1.08. The summed E-state index contributed by atoms with van der Waals surface area (Å²) in [6, 6.07) is 6.70. The van der Waals surface area contributed by atoms with Gasteiger partial charge in [0.15, 0.2) is 5.82 Å². The number of likely N-dealkylation sites (N-methyl/N-ethyl adjacent to an activating group) is 1. The Balaban J connectivity index is 0.00000192. The Bertz CT molecular complexity index is 649. The summed E-state index contributed by atoms with van der Waals surface area (Å²) in [4.78, 5) is 8.11. The van der Waals surface area contributed by atoms with Crippen LogP contribution in [0, 0.1) is 13.8 Å². The fraction of sp³-hybridized carbons (Fsp3) is 0.500. The molecule has 1 unspecified atom stereocenters. The maximum absolute atomic E-state index is 5.42. The van der Waals surface area contributed by atoms with E-state index in [1.807, 2.05) is 0 Å². The van der Waals surface area contributed by atoms with E-state index in [-0.39, 0.29) is 18.4 Å². The third kappa shape index (κ3) is 4.47. The minimum Gasteiger partial charge on any atom is -0.338 e. The first-order chi connectivity index (χ1) is 10.6. The lowest BCUT2D eigenvalue weighted by atomic mass is 10.2. The molecule has 0 spiro atoms. The van der Waals surface area contributed by atoms with Gasteiger partial charge in [0.1, 0.15) is 0 Å². The van der Waals surface area contributed by atoms with Crippen molar-refractivity contribution in [1.82, 2.24) is 20.4 Å². The average Bonchev–Trinajstić information content (AvgIpc) is 2.97. The van der Waals surface area contributed by atoms with Crippen LogP contribution in [0.25, 0.3) is 0 Å². The van der Waals surface area contributed by atoms with Crippen molar-refractivity contribution in [2.75, 3.05) is 26.7 Å². The van der Waals surface area contributed by atoms with Gasteiger partial charge in [-0.1, -0.05) is 22.9 Å². The topological polar surface area (TPSA) is 54.2 Å². The number of rotatable bonds is 4. The highest BCUT2D eigenvalue weighted by atomic mass is 35.5. The number of piperazine rings is 1. The van der Waals surface area contributed by atoms with Crippen molar-refractivity contribution in [1.29, 1.82) is 0 Å². The van der Waals surface area contributed by atoms with Crippen molar-refractivity contribution in [3.05, 3.63) is 41.0 Å². The molecule has 0 saturated carbocycles. The highest BCUT2D eigenvalue weighted by Crippen LogP contribution is 2.27. The highest BCUT2D eigenvalue weighted by molar-refractivity contribution is 7.98. The van der Waals surface area contributed by atoms with E-state index in [2.05, 4.69) is 59.5 Å². The smallest absolute Gasteiger partial charge is 0.237 e. The first kappa shape index (κ1) is 18.3. The van der Waals surface area contributed by atoms with Crippen LogP contribution in [0.15, 0.2) is 27.6 Å². The number of benzene rings is 1. The minimum atomic E-state index is 0. The third-order valence-electron chi connectivity index (χ3n) is 3.99. The number of thioether (sulfide) groups is 1. The second-order valence-electron chi connectivity index (χ2n) is 5.80. The van der Waals surface area contributed by atoms with Crippen LogP contribution in [-0.2, 0) is 5.75 Å². The second-order valence-corrected chi connectivity index (χ2v) is 6.82. The second kappa shape index (κ2) is 8.15. The number of nitrogens with zero attached hydrogens (tertiary/aromatic N) is 3. The number of aromatic nitrogens is 2. The molecule has 3 rings (SSSR count). The molecule has 0 amide bonds. The monoisotopic (exact) mass is 354 g/mol. The molecule has 1 aliphatic rings. The van der Waals surface area contributed by atoms with Gasteiger partial charge in [0, 0.05) is 24.5 Å². The third-order valence-corrected chi connectivity index (χ3v) is 5.13. The van der Waals surface area contributed by atoms with Crippen molar-refractivity contribution in [2.45, 2.75) is 30.5 Å². The summed E-state index contributed by atoms with van der Waals surface area (Å²) in [5, 5.41) is 7.54. The Kier molecular flexibility index (Phi) is 6.47. The Labute approximate surface area is 147 Å². The maximum atomic E-state index is 5.42. The molecule has 5 nitrogen and oxygen atoms in total. The van der Waals surface area contributed by atoms with E-state index in [9.17, 15) is 0 Å². The van der Waals surface area contributed by atoms with Crippen LogP contribution >= 0.6 is 24.2 Å². The molecule has 7 heteroatoms. The van der Waals surface area contributed by atoms with Crippen molar-refractivity contribution in [3.8, 4) is 0 Å². The van der Waals surface area contributed by atoms with Gasteiger partial charge in [0.25, 0.3) is 0 Å². The molecule has 0 aliphatic carbocycles. The lowest BCUT2D eigenvalue weighted by Gasteiger charge is -2.30. The molecular formula is C16H23ClN4OS. The minimum absolute atomic E-state index is 0. The van der Waals surface area contributed by atoms with Crippen LogP contribution in [0.5, 0.6) is 0 Å². The van der Waals surface area contributed by atoms with E-state index >= 15 is 0 Å². The zero-order chi connectivity index (χ0) is 15.5. The van der Waals surface area contributed by atoms with Gasteiger partial charge in [0.05, 0.1) is 11.8 Å². The van der Waals surface area contributed by atoms with E-state index in [0.717, 1.165) is 25.5 Å². The predicted octanol–water partition coefficient (Wildman–Crippen LogP) is 2.98. The van der Waals surface area contributed by atoms with Gasteiger partial charge in [-0.2, -0.15) is 4.98 Å². The molecule has 1 saturated heterocycles. The molecular weight excluding hydrogens is 332 g/mol. The van der Waals surface area contributed by atoms with Gasteiger partial charge in [0.2, 0.25) is 5.89 Å². The standard InChI is InChI=1S/C16H22N4OS.ClH/c1-11-4-5-12(2)14(8-11)22-10-15-18-16(19-21-15)13-9-17-6-7-20(13)3;/h4-5,8,13,17H,6-7,9-10H2,1-3H3;1H. The Morgan fingerprint density at radius 2 is 2.22 bits per heavy atom. The normalized spacial score (nSPS) is 18.7. The molecule has 1 aliphatic heterocycles. The number of halogens is 1. The van der Waals surface area contributed by atoms with Crippen molar-refractivity contribution >= 4 is 24.2 Å². The van der Waals surface area contributed by atoms with Gasteiger partial charge in [-0.05, 0) is 32.5 Å². The molecule has 1 fully saturated rings. The summed E-state index contributed by atoms with van der Waals surface area (Å²) in [5.41, 5.74) is 2.56. The van der Waals surface area contributed by atoms with Gasteiger partial charge in [-0.25, -0.2) is 0 Å². The van der Waals surface area contributed by atoms with Crippen LogP contribution in [0.2, 0.25) is 0 Å². The van der Waals surface area contributed by atoms with E-state index < -0.39 is 0 Å². The molecule has 1 N–H and O–H groups in total. The number of nitrogens with one attached hydrogen (secondary N) is 1. The molecule has 126 valence electrons. The van der Waals surface area contributed by atoms with Crippen LogP contribution in [0.3, 0.4) is 0 Å². The summed E-state index contributed by atoms with van der Waals surface area (Å²) >= 11 is 1.75. The van der Waals surface area contributed by atoms with E-state index in [1.165, 1.54) is 16.0 Å². The summed E-state index contributed by atoms with van der Waals surface area (Å²) in [7, 11) is 2.10. The van der Waals surface area contributed by atoms with Gasteiger partial charge >= 0.3 is 0 Å². The summed E-state index contributed by atoms with van der Waals surface area (Å²) < 4.78 is 5.42. The van der Waals surface area contributed by atoms with Gasteiger partial charge in [-0.15, -0.1) is 24.2 Å². The molecule has 2 heterocycles. The Morgan fingerprint density at radius 3 is 3.00 bits per heavy atom. The van der Waals surface area contributed by atoms with Crippen LogP contribution in [0.1, 0.15) is 28.9 Å². The molecule has 1 aromatic heterocycles. The zero-order valence-electron chi connectivity index (χ0n) is 13.7. The molecule has 1 atom stereocenters. The number of hydrogen-bond acceptors (Lipinski definition) is 6. The fourth-order valence-electron chi connectivity index (χ4n) is 2.56. The maximum Gasteiger partial charge on any atom is 0.237 e. The molecule has 23 heavy (non-hydrogen) atoms. The van der Waals surface area contributed by atoms with Crippen LogP contribution in [0.4, 0.5) is 0 Å². The molecule has 0 radical (unpaired) electrons. The average molecular weight is 355 g/mol. The molecule has 1 aromatic carbocycles. The largest absolute Gasteiger partial charge is 0.338 e. The predicted molar refractivity (Wildman–Crippen MR) is 95.3 cm³/mol. The lowest BCUT2D eigenvalue weighted by molar-refractivity contribution is 0.190. The first-order valence-electron chi connectivity index (χ1n) is 7.57. The van der Waals surface area contributed by atoms with E-state index in [1.54, 1.807) is 11.8 Å². The zero-order valence-corrected chi connectivity index (χ0v) is 15.3. The van der Waals surface area contributed by atoms with Crippen LogP contribution < -0.4 is 5.32 Å². The van der Waals surface area contributed by atoms with E-state index in [4.69, 9.17) is 4.52 Å². The lowest BCUT2D eigenvalue weighted by Crippen LogP contribution is -2.44. The first-order valence-corrected chi connectivity index (χ1v) is 8.55. The molecule has 0 bridgehead atoms. The number of aryl methyl sites for hydroxylation is 2. The van der Waals surface area contributed by atoms with Crippen molar-refractivity contribution in [3.63, 3.8) is 0 Å². The summed E-state index contributed by atoms with van der Waals surface area (Å²) in [6.45, 7) is 7.13. The quantitative estimate of drug-likeness (QED) is 0.852. The SMILES string of the molecule is Cc1ccc(C)c(SCc2nc(C3CNCCN3C)no2)c1.Cl. The van der Waals surface area contributed by atoms with Crippen molar-refractivity contribution < 1.29 is 4.52 Å². The molecule has 2 aromatic rings.